The van der Waals surface area contributed by atoms with Crippen LogP contribution >= 0.6 is 27.3 Å². The van der Waals surface area contributed by atoms with Crippen molar-refractivity contribution in [1.29, 1.82) is 0 Å². The van der Waals surface area contributed by atoms with Gasteiger partial charge in [0.1, 0.15) is 5.75 Å². The third-order valence-electron chi connectivity index (χ3n) is 3.00. The minimum atomic E-state index is -0.311. The van der Waals surface area contributed by atoms with Crippen LogP contribution in [0.3, 0.4) is 0 Å². The maximum Gasteiger partial charge on any atom is 0.240 e. The third-order valence-corrected chi connectivity index (χ3v) is 4.56. The monoisotopic (exact) mass is 423 g/mol. The number of hydrogen-bond acceptors (Lipinski definition) is 5. The summed E-state index contributed by atoms with van der Waals surface area (Å²) >= 11 is 4.86. The van der Waals surface area contributed by atoms with Crippen LogP contribution in [0, 0.1) is 0 Å². The molecule has 0 fully saturated rings. The van der Waals surface area contributed by atoms with Crippen molar-refractivity contribution >= 4 is 51.0 Å². The van der Waals surface area contributed by atoms with Crippen LogP contribution in [0.25, 0.3) is 0 Å². The van der Waals surface area contributed by atoms with Gasteiger partial charge in [-0.25, -0.2) is 5.43 Å². The molecule has 1 aromatic heterocycles. The second-order valence-corrected chi connectivity index (χ2v) is 7.44. The van der Waals surface area contributed by atoms with E-state index in [9.17, 15) is 9.59 Å². The predicted octanol–water partition coefficient (Wildman–Crippen LogP) is 3.78. The maximum absolute atomic E-state index is 11.9. The molecule has 1 heterocycles. The first-order chi connectivity index (χ1) is 12.1. The third kappa shape index (κ3) is 7.06. The van der Waals surface area contributed by atoms with Crippen LogP contribution in [0.5, 0.6) is 5.75 Å². The van der Waals surface area contributed by atoms with Gasteiger partial charge in [-0.15, -0.1) is 11.3 Å². The molecule has 0 atom stereocenters. The lowest BCUT2D eigenvalue weighted by Crippen LogP contribution is -2.20. The van der Waals surface area contributed by atoms with Gasteiger partial charge in [0.2, 0.25) is 11.8 Å². The van der Waals surface area contributed by atoms with Gasteiger partial charge in [-0.05, 0) is 59.3 Å². The number of carbonyl (C=O) groups excluding carboxylic acids is 2. The number of rotatable bonds is 8. The van der Waals surface area contributed by atoms with E-state index in [1.54, 1.807) is 30.5 Å². The van der Waals surface area contributed by atoms with E-state index < -0.39 is 0 Å². The van der Waals surface area contributed by atoms with Crippen LogP contribution in [0.15, 0.2) is 45.3 Å². The SMILES string of the molecule is CCOc1ccc(NC(=O)CCC(=O)N/N=C/c2ccc(Br)s2)cc1. The van der Waals surface area contributed by atoms with Crippen LogP contribution in [-0.2, 0) is 9.59 Å². The molecular formula is C17H18BrN3O3S. The number of hydrogen-bond donors (Lipinski definition) is 2. The molecule has 0 spiro atoms. The highest BCUT2D eigenvalue weighted by atomic mass is 79.9. The Labute approximate surface area is 158 Å². The molecule has 132 valence electrons. The Kier molecular flexibility index (Phi) is 7.62. The average Bonchev–Trinajstić information content (AvgIpc) is 3.00. The van der Waals surface area contributed by atoms with Gasteiger partial charge in [-0.2, -0.15) is 5.10 Å². The Morgan fingerprint density at radius 1 is 1.16 bits per heavy atom. The number of nitrogens with zero attached hydrogens (tertiary/aromatic N) is 1. The molecule has 2 aromatic rings. The fraction of sp³-hybridized carbons (Fsp3) is 0.235. The molecule has 8 heteroatoms. The summed E-state index contributed by atoms with van der Waals surface area (Å²) in [6, 6.07) is 10.9. The van der Waals surface area contributed by atoms with Gasteiger partial charge in [0.25, 0.3) is 0 Å². The molecule has 2 amide bonds. The Bertz CT molecular complexity index is 744. The Morgan fingerprint density at radius 2 is 1.88 bits per heavy atom. The van der Waals surface area contributed by atoms with Gasteiger partial charge in [0, 0.05) is 23.4 Å². The molecule has 0 bridgehead atoms. The summed E-state index contributed by atoms with van der Waals surface area (Å²) in [6.45, 7) is 2.50. The molecule has 0 radical (unpaired) electrons. The molecule has 0 aliphatic rings. The first kappa shape index (κ1) is 19.1. The van der Waals surface area contributed by atoms with E-state index in [0.717, 1.165) is 14.4 Å². The van der Waals surface area contributed by atoms with Gasteiger partial charge in [-0.3, -0.25) is 9.59 Å². The van der Waals surface area contributed by atoms with Crippen molar-refractivity contribution in [2.75, 3.05) is 11.9 Å². The number of nitrogens with one attached hydrogen (secondary N) is 2. The lowest BCUT2D eigenvalue weighted by Gasteiger charge is -2.07. The van der Waals surface area contributed by atoms with Crippen molar-refractivity contribution < 1.29 is 14.3 Å². The van der Waals surface area contributed by atoms with Crippen molar-refractivity contribution in [1.82, 2.24) is 5.43 Å². The van der Waals surface area contributed by atoms with Crippen LogP contribution < -0.4 is 15.5 Å². The summed E-state index contributed by atoms with van der Waals surface area (Å²) in [7, 11) is 0. The number of benzene rings is 1. The molecule has 0 aliphatic carbocycles. The fourth-order valence-corrected chi connectivity index (χ4v) is 3.17. The quantitative estimate of drug-likeness (QED) is 0.500. The number of anilines is 1. The second kappa shape index (κ2) is 9.95. The van der Waals surface area contributed by atoms with E-state index in [0.29, 0.717) is 12.3 Å². The number of halogens is 1. The molecule has 0 aliphatic heterocycles. The minimum absolute atomic E-state index is 0.0638. The minimum Gasteiger partial charge on any atom is -0.494 e. The largest absolute Gasteiger partial charge is 0.494 e. The van der Waals surface area contributed by atoms with Crippen molar-refractivity contribution in [2.24, 2.45) is 5.10 Å². The normalized spacial score (nSPS) is 10.6. The first-order valence-corrected chi connectivity index (χ1v) is 9.27. The van der Waals surface area contributed by atoms with Crippen molar-refractivity contribution in [2.45, 2.75) is 19.8 Å². The molecular weight excluding hydrogens is 406 g/mol. The molecule has 2 N–H and O–H groups in total. The molecule has 0 unspecified atom stereocenters. The number of amides is 2. The van der Waals surface area contributed by atoms with Crippen LogP contribution in [0.1, 0.15) is 24.6 Å². The van der Waals surface area contributed by atoms with E-state index in [1.165, 1.54) is 11.3 Å². The summed E-state index contributed by atoms with van der Waals surface area (Å²) in [5.41, 5.74) is 3.07. The number of hydrazone groups is 1. The Hall–Kier alpha value is -2.19. The highest BCUT2D eigenvalue weighted by Crippen LogP contribution is 2.20. The van der Waals surface area contributed by atoms with Gasteiger partial charge in [-0.1, -0.05) is 0 Å². The van der Waals surface area contributed by atoms with Crippen LogP contribution in [0.4, 0.5) is 5.69 Å². The topological polar surface area (TPSA) is 79.8 Å². The van der Waals surface area contributed by atoms with Gasteiger partial charge in [0.15, 0.2) is 0 Å². The Balaban J connectivity index is 1.70. The van der Waals surface area contributed by atoms with E-state index in [4.69, 9.17) is 4.74 Å². The number of carbonyl (C=O) groups is 2. The van der Waals surface area contributed by atoms with Crippen LogP contribution in [0.2, 0.25) is 0 Å². The van der Waals surface area contributed by atoms with Gasteiger partial charge < -0.3 is 10.1 Å². The highest BCUT2D eigenvalue weighted by Gasteiger charge is 2.07. The van der Waals surface area contributed by atoms with Gasteiger partial charge in [0.05, 0.1) is 16.6 Å². The zero-order valence-corrected chi connectivity index (χ0v) is 16.0. The summed E-state index contributed by atoms with van der Waals surface area (Å²) in [5.74, 6) is 0.203. The van der Waals surface area contributed by atoms with Crippen molar-refractivity contribution in [3.05, 3.63) is 45.1 Å². The smallest absolute Gasteiger partial charge is 0.240 e. The van der Waals surface area contributed by atoms with Crippen LogP contribution in [-0.4, -0.2) is 24.6 Å². The number of ether oxygens (including phenoxy) is 1. The molecule has 0 saturated heterocycles. The summed E-state index contributed by atoms with van der Waals surface area (Å²) in [5, 5.41) is 6.60. The first-order valence-electron chi connectivity index (χ1n) is 7.67. The van der Waals surface area contributed by atoms with E-state index >= 15 is 0 Å². The molecule has 25 heavy (non-hydrogen) atoms. The summed E-state index contributed by atoms with van der Waals surface area (Å²) < 4.78 is 6.33. The van der Waals surface area contributed by atoms with E-state index in [-0.39, 0.29) is 24.7 Å². The van der Waals surface area contributed by atoms with E-state index in [2.05, 4.69) is 31.8 Å². The summed E-state index contributed by atoms with van der Waals surface area (Å²) in [6.07, 6.45) is 1.71. The molecule has 2 rings (SSSR count). The molecule has 0 saturated carbocycles. The number of thiophene rings is 1. The van der Waals surface area contributed by atoms with E-state index in [1.807, 2.05) is 19.1 Å². The highest BCUT2D eigenvalue weighted by molar-refractivity contribution is 9.11. The van der Waals surface area contributed by atoms with Crippen molar-refractivity contribution in [3.8, 4) is 5.75 Å². The predicted molar refractivity (Wildman–Crippen MR) is 103 cm³/mol. The lowest BCUT2D eigenvalue weighted by molar-refractivity contribution is -0.124. The lowest BCUT2D eigenvalue weighted by atomic mass is 10.2. The van der Waals surface area contributed by atoms with Gasteiger partial charge >= 0.3 is 0 Å². The summed E-state index contributed by atoms with van der Waals surface area (Å²) in [4.78, 5) is 24.5. The fourth-order valence-electron chi connectivity index (χ4n) is 1.87. The molecule has 1 aromatic carbocycles. The zero-order chi connectivity index (χ0) is 18.1. The standard InChI is InChI=1S/C17H18BrN3O3S/c1-2-24-13-5-3-12(4-6-13)20-16(22)9-10-17(23)21-19-11-14-7-8-15(18)25-14/h3-8,11H,2,9-10H2,1H3,(H,20,22)(H,21,23)/b19-11+. The zero-order valence-electron chi connectivity index (χ0n) is 13.6. The Morgan fingerprint density at radius 3 is 2.52 bits per heavy atom. The second-order valence-electron chi connectivity index (χ2n) is 4.94. The maximum atomic E-state index is 11.9. The average molecular weight is 424 g/mol. The van der Waals surface area contributed by atoms with Crippen molar-refractivity contribution in [3.63, 3.8) is 0 Å². The molecule has 6 nitrogen and oxygen atoms in total.